The van der Waals surface area contributed by atoms with Crippen LogP contribution in [0.15, 0.2) is 60.8 Å². The van der Waals surface area contributed by atoms with E-state index in [9.17, 15) is 4.79 Å². The molecule has 3 aromatic carbocycles. The van der Waals surface area contributed by atoms with Gasteiger partial charge in [0.15, 0.2) is 5.79 Å². The van der Waals surface area contributed by atoms with Crippen LogP contribution in [0.2, 0.25) is 0 Å². The molecule has 1 spiro atoms. The molecule has 1 unspecified atom stereocenters. The highest BCUT2D eigenvalue weighted by Gasteiger charge is 2.49. The van der Waals surface area contributed by atoms with E-state index in [1.165, 1.54) is 0 Å². The Morgan fingerprint density at radius 2 is 1.61 bits per heavy atom. The van der Waals surface area contributed by atoms with E-state index >= 15 is 8.78 Å². The molecule has 10 nitrogen and oxygen atoms in total. The molecule has 3 saturated heterocycles. The molecule has 12 heteroatoms. The molecule has 2 aromatic heterocycles. The predicted molar refractivity (Wildman–Crippen MR) is 187 cm³/mol. The number of H-pyrrole nitrogens is 2. The van der Waals surface area contributed by atoms with Crippen LogP contribution in [0.3, 0.4) is 0 Å². The number of benzene rings is 3. The molecule has 0 radical (unpaired) electrons. The molecule has 1 aliphatic carbocycles. The molecule has 2 N–H and O–H groups in total. The monoisotopic (exact) mass is 694 g/mol. The number of hydrogen-bond donors (Lipinski definition) is 2. The summed E-state index contributed by atoms with van der Waals surface area (Å²) in [5.41, 5.74) is 4.77. The lowest BCUT2D eigenvalue weighted by molar-refractivity contribution is -0.145. The summed E-state index contributed by atoms with van der Waals surface area (Å²) >= 11 is 0. The quantitative estimate of drug-likeness (QED) is 0.197. The van der Waals surface area contributed by atoms with Gasteiger partial charge < -0.3 is 24.2 Å². The van der Waals surface area contributed by atoms with Crippen molar-refractivity contribution < 1.29 is 27.8 Å². The number of carbonyl (C=O) groups excluding carboxylic acids is 1. The molecular formula is C39H40F2N6O4. The number of aromatic nitrogens is 4. The number of aromatic amines is 2. The number of amides is 1. The van der Waals surface area contributed by atoms with E-state index in [1.807, 2.05) is 58.2 Å². The lowest BCUT2D eigenvalue weighted by Gasteiger charge is -2.27. The molecule has 9 rings (SSSR count). The Balaban J connectivity index is 0.970. The van der Waals surface area contributed by atoms with Crippen LogP contribution in [-0.2, 0) is 20.1 Å². The Bertz CT molecular complexity index is 2180. The summed E-state index contributed by atoms with van der Waals surface area (Å²) in [7, 11) is 2.04. The maximum Gasteiger partial charge on any atom is 0.410 e. The van der Waals surface area contributed by atoms with Gasteiger partial charge in [-0.3, -0.25) is 9.80 Å². The molecule has 51 heavy (non-hydrogen) atoms. The third-order valence-corrected chi connectivity index (χ3v) is 10.6. The molecule has 3 fully saturated rings. The molecular weight excluding hydrogens is 654 g/mol. The first-order valence-electron chi connectivity index (χ1n) is 17.6. The molecule has 4 aliphatic rings. The highest BCUT2D eigenvalue weighted by Crippen LogP contribution is 2.53. The summed E-state index contributed by atoms with van der Waals surface area (Å²) < 4.78 is 50.1. The van der Waals surface area contributed by atoms with Crippen molar-refractivity contribution in [2.45, 2.75) is 69.4 Å². The number of rotatable bonds is 4. The zero-order valence-electron chi connectivity index (χ0n) is 29.1. The average molecular weight is 695 g/mol. The number of imidazole rings is 2. The highest BCUT2D eigenvalue weighted by molar-refractivity contribution is 5.87. The maximum atomic E-state index is 16.3. The number of nitrogens with zero attached hydrogens (tertiary/aromatic N) is 4. The lowest BCUT2D eigenvalue weighted by atomic mass is 9.98. The zero-order chi connectivity index (χ0) is 35.3. The van der Waals surface area contributed by atoms with Gasteiger partial charge in [-0.1, -0.05) is 30.3 Å². The van der Waals surface area contributed by atoms with Crippen LogP contribution < -0.4 is 0 Å². The summed E-state index contributed by atoms with van der Waals surface area (Å²) in [5, 5.41) is 0. The van der Waals surface area contributed by atoms with Gasteiger partial charge in [-0.05, 0) is 87.2 Å². The number of alkyl halides is 2. The van der Waals surface area contributed by atoms with Crippen molar-refractivity contribution in [2.24, 2.45) is 0 Å². The van der Waals surface area contributed by atoms with E-state index in [2.05, 4.69) is 19.9 Å². The molecule has 3 aliphatic heterocycles. The minimum Gasteiger partial charge on any atom is -0.444 e. The van der Waals surface area contributed by atoms with Gasteiger partial charge in [-0.2, -0.15) is 8.78 Å². The normalized spacial score (nSPS) is 22.3. The maximum absolute atomic E-state index is 16.3. The topological polar surface area (TPSA) is 109 Å². The molecule has 2 atom stereocenters. The van der Waals surface area contributed by atoms with E-state index in [1.54, 1.807) is 35.4 Å². The zero-order valence-corrected chi connectivity index (χ0v) is 29.1. The van der Waals surface area contributed by atoms with Crippen LogP contribution in [0.25, 0.3) is 44.5 Å². The van der Waals surface area contributed by atoms with Gasteiger partial charge in [-0.25, -0.2) is 14.8 Å². The average Bonchev–Trinajstić information content (AvgIpc) is 3.94. The SMILES string of the molecule is CN1CC2(CC1c1nc3ccc(-c4ccc5c(c4)C(F)(F)c4cc(-c6cnc([C@H]7CCCN7C(=O)OC(C)(C)C)[nH]6)ccc4-5)cc3[nH]1)OCCO2. The number of fused-ring (bicyclic) bond motifs is 4. The smallest absolute Gasteiger partial charge is 0.410 e. The number of halogens is 2. The number of ether oxygens (including phenoxy) is 3. The fourth-order valence-corrected chi connectivity index (χ4v) is 8.20. The van der Waals surface area contributed by atoms with Crippen molar-refractivity contribution in [3.63, 3.8) is 0 Å². The van der Waals surface area contributed by atoms with Crippen molar-refractivity contribution in [2.75, 3.05) is 33.4 Å². The second-order valence-electron chi connectivity index (χ2n) is 15.2. The molecule has 0 bridgehead atoms. The second-order valence-corrected chi connectivity index (χ2v) is 15.2. The molecule has 5 heterocycles. The first-order valence-corrected chi connectivity index (χ1v) is 17.6. The van der Waals surface area contributed by atoms with Crippen LogP contribution in [0.4, 0.5) is 13.6 Å². The first kappa shape index (κ1) is 32.3. The van der Waals surface area contributed by atoms with Crippen molar-refractivity contribution in [1.82, 2.24) is 29.7 Å². The molecule has 1 amide bonds. The lowest BCUT2D eigenvalue weighted by Crippen LogP contribution is -2.36. The summed E-state index contributed by atoms with van der Waals surface area (Å²) in [5.74, 6) is -2.33. The van der Waals surface area contributed by atoms with E-state index in [0.717, 1.165) is 35.3 Å². The number of likely N-dealkylation sites (tertiary alicyclic amines) is 2. The third-order valence-electron chi connectivity index (χ3n) is 10.6. The Morgan fingerprint density at radius 1 is 0.922 bits per heavy atom. The summed E-state index contributed by atoms with van der Waals surface area (Å²) in [4.78, 5) is 33.0. The third kappa shape index (κ3) is 5.42. The van der Waals surface area contributed by atoms with Crippen molar-refractivity contribution in [3.8, 4) is 33.5 Å². The predicted octanol–water partition coefficient (Wildman–Crippen LogP) is 7.93. The van der Waals surface area contributed by atoms with E-state index in [-0.39, 0.29) is 29.3 Å². The standard InChI is InChI=1S/C39H40F2N6O4/c1-37(2,3)51-36(48)47-13-5-6-32(47)34-42-20-31(45-34)24-8-11-26-25-10-7-22(16-27(25)39(40,41)28(26)17-24)23-9-12-29-30(18-23)44-35(43-29)33-19-38(21-46(33)4)49-14-15-50-38/h7-12,16-18,20,32-33H,5-6,13-15,19,21H2,1-4H3,(H,42,45)(H,43,44)/t32-,33?/m1/s1. The summed E-state index contributed by atoms with van der Waals surface area (Å²) in [6.07, 6.45) is 3.52. The summed E-state index contributed by atoms with van der Waals surface area (Å²) in [6, 6.07) is 16.0. The van der Waals surface area contributed by atoms with Crippen molar-refractivity contribution in [1.29, 1.82) is 0 Å². The number of hydrogen-bond acceptors (Lipinski definition) is 7. The van der Waals surface area contributed by atoms with Gasteiger partial charge in [-0.15, -0.1) is 0 Å². The van der Waals surface area contributed by atoms with Gasteiger partial charge in [0.25, 0.3) is 5.92 Å². The van der Waals surface area contributed by atoms with Crippen molar-refractivity contribution >= 4 is 17.1 Å². The Hall–Kier alpha value is -4.65. The van der Waals surface area contributed by atoms with E-state index in [4.69, 9.17) is 19.2 Å². The fraction of sp³-hybridized carbons (Fsp3) is 0.410. The number of likely N-dealkylation sites (N-methyl/N-ethyl adjacent to an activating group) is 1. The Morgan fingerprint density at radius 3 is 2.35 bits per heavy atom. The second kappa shape index (κ2) is 11.4. The number of carbonyl (C=O) groups is 1. The first-order chi connectivity index (χ1) is 24.4. The minimum atomic E-state index is -3.20. The molecule has 0 saturated carbocycles. The van der Waals surface area contributed by atoms with E-state index in [0.29, 0.717) is 66.5 Å². The largest absolute Gasteiger partial charge is 0.444 e. The summed E-state index contributed by atoms with van der Waals surface area (Å²) in [6.45, 7) is 7.95. The van der Waals surface area contributed by atoms with E-state index < -0.39 is 17.3 Å². The van der Waals surface area contributed by atoms with Crippen molar-refractivity contribution in [3.05, 3.63) is 83.6 Å². The fourth-order valence-electron chi connectivity index (χ4n) is 8.20. The van der Waals surface area contributed by atoms with Gasteiger partial charge in [0.2, 0.25) is 0 Å². The van der Waals surface area contributed by atoms with Crippen LogP contribution >= 0.6 is 0 Å². The minimum absolute atomic E-state index is 0.0174. The van der Waals surface area contributed by atoms with Gasteiger partial charge in [0.1, 0.15) is 17.2 Å². The van der Waals surface area contributed by atoms with Gasteiger partial charge >= 0.3 is 6.09 Å². The molecule has 264 valence electrons. The van der Waals surface area contributed by atoms with Crippen LogP contribution in [-0.4, -0.2) is 80.6 Å². The Kier molecular flexibility index (Phi) is 7.23. The van der Waals surface area contributed by atoms with Crippen LogP contribution in [0.1, 0.15) is 74.9 Å². The van der Waals surface area contributed by atoms with Crippen LogP contribution in [0, 0.1) is 0 Å². The molecule has 5 aromatic rings. The van der Waals surface area contributed by atoms with Crippen LogP contribution in [0.5, 0.6) is 0 Å². The van der Waals surface area contributed by atoms with Gasteiger partial charge in [0, 0.05) is 29.7 Å². The van der Waals surface area contributed by atoms with Gasteiger partial charge in [0.05, 0.1) is 54.8 Å². The highest BCUT2D eigenvalue weighted by atomic mass is 19.3. The number of nitrogens with one attached hydrogen (secondary N) is 2. The Labute approximate surface area is 294 Å².